The number of halogens is 1. The second-order valence-electron chi connectivity index (χ2n) is 8.92. The molecular weight excluding hydrogens is 496 g/mol. The summed E-state index contributed by atoms with van der Waals surface area (Å²) in [6.45, 7) is 8.61. The predicted octanol–water partition coefficient (Wildman–Crippen LogP) is 4.15. The number of hydrazone groups is 1. The van der Waals surface area contributed by atoms with Crippen molar-refractivity contribution in [2.45, 2.75) is 59.0 Å². The van der Waals surface area contributed by atoms with E-state index in [0.717, 1.165) is 30.6 Å². The molecule has 2 aromatic carbocycles. The Morgan fingerprint density at radius 2 is 1.46 bits per heavy atom. The van der Waals surface area contributed by atoms with E-state index in [0.29, 0.717) is 24.5 Å². The summed E-state index contributed by atoms with van der Waals surface area (Å²) in [5.74, 6) is 5.99. The van der Waals surface area contributed by atoms with Crippen LogP contribution >= 0.6 is 12.4 Å². The quantitative estimate of drug-likeness (QED) is 0.153. The third-order valence-corrected chi connectivity index (χ3v) is 5.33. The molecule has 0 atom stereocenters. The lowest BCUT2D eigenvalue weighted by atomic mass is 10.1. The van der Waals surface area contributed by atoms with Crippen molar-refractivity contribution in [1.82, 2.24) is 4.90 Å². The minimum atomic E-state index is -0.619. The van der Waals surface area contributed by atoms with Crippen LogP contribution in [0.2, 0.25) is 0 Å². The molecule has 2 rings (SSSR count). The van der Waals surface area contributed by atoms with Crippen LogP contribution in [0.25, 0.3) is 0 Å². The van der Waals surface area contributed by atoms with Crippen LogP contribution < -0.4 is 25.8 Å². The minimum absolute atomic E-state index is 0. The first-order valence-electron chi connectivity index (χ1n) is 12.2. The normalized spacial score (nSPS) is 10.9. The number of primary amides is 1. The highest BCUT2D eigenvalue weighted by Gasteiger charge is 2.25. The lowest BCUT2D eigenvalue weighted by Gasteiger charge is -2.31. The summed E-state index contributed by atoms with van der Waals surface area (Å²) in [7, 11) is 0. The number of hydrogen-bond donors (Lipinski definition) is 2. The third-order valence-electron chi connectivity index (χ3n) is 5.33. The van der Waals surface area contributed by atoms with Crippen LogP contribution in [0.3, 0.4) is 0 Å². The maximum absolute atomic E-state index is 13.2. The Morgan fingerprint density at radius 3 is 2.00 bits per heavy atom. The Balaban J connectivity index is 0.00000684. The van der Waals surface area contributed by atoms with Gasteiger partial charge in [0.15, 0.2) is 6.61 Å². The number of unbranched alkanes of at least 4 members (excludes halogenated alkanes) is 2. The molecule has 2 amide bonds. The zero-order valence-corrected chi connectivity index (χ0v) is 22.8. The van der Waals surface area contributed by atoms with Crippen LogP contribution in [0.4, 0.5) is 0 Å². The van der Waals surface area contributed by atoms with Crippen LogP contribution in [-0.2, 0) is 4.79 Å². The van der Waals surface area contributed by atoms with Gasteiger partial charge in [0.2, 0.25) is 0 Å². The fraction of sp³-hybridized carbons (Fsp3) is 0.444. The molecule has 0 radical (unpaired) electrons. The first-order valence-corrected chi connectivity index (χ1v) is 12.2. The van der Waals surface area contributed by atoms with E-state index in [1.807, 2.05) is 52.0 Å². The number of nitrogens with two attached hydrogens (primary N) is 2. The molecule has 0 aromatic heterocycles. The van der Waals surface area contributed by atoms with Gasteiger partial charge in [-0.3, -0.25) is 9.59 Å². The van der Waals surface area contributed by atoms with Crippen molar-refractivity contribution in [2.24, 2.45) is 16.7 Å². The van der Waals surface area contributed by atoms with E-state index < -0.39 is 5.91 Å². The molecule has 0 saturated carbocycles. The van der Waals surface area contributed by atoms with E-state index in [1.165, 1.54) is 0 Å². The van der Waals surface area contributed by atoms with Gasteiger partial charge in [0, 0.05) is 18.2 Å². The molecule has 10 heteroatoms. The zero-order chi connectivity index (χ0) is 26.5. The number of carbonyl (C=O) groups is 2. The third kappa shape index (κ3) is 10.6. The zero-order valence-electron chi connectivity index (χ0n) is 22.0. The number of hydrogen-bond acceptors (Lipinski definition) is 7. The standard InChI is InChI=1S/C27H38N4O5.ClH/c1-19(2)31(20(3)4)27(33)24-13-12-23(16-25(24)36-18-26(28)32)35-15-7-5-6-14-34-22-10-8-21(9-11-22)17-30-29;/h8-13,16-17,19-20H,5-7,14-15,18,29H2,1-4H3,(H2,28,32);1H/b30-17+;. The molecule has 0 fully saturated rings. The van der Waals surface area contributed by atoms with E-state index in [1.54, 1.807) is 29.3 Å². The van der Waals surface area contributed by atoms with Gasteiger partial charge in [0.05, 0.1) is 25.0 Å². The highest BCUT2D eigenvalue weighted by atomic mass is 35.5. The number of ether oxygens (including phenoxy) is 3. The number of rotatable bonds is 15. The number of carbonyl (C=O) groups excluding carboxylic acids is 2. The Hall–Kier alpha value is -3.46. The number of amides is 2. The average Bonchev–Trinajstić information content (AvgIpc) is 2.83. The Bertz CT molecular complexity index is 1000. The van der Waals surface area contributed by atoms with Crippen LogP contribution in [-0.4, -0.2) is 54.8 Å². The van der Waals surface area contributed by atoms with Crippen LogP contribution in [0.1, 0.15) is 62.9 Å². The summed E-state index contributed by atoms with van der Waals surface area (Å²) in [6.07, 6.45) is 4.23. The molecule has 2 aromatic rings. The van der Waals surface area contributed by atoms with Gasteiger partial charge < -0.3 is 30.7 Å². The van der Waals surface area contributed by atoms with Gasteiger partial charge in [-0.2, -0.15) is 5.10 Å². The van der Waals surface area contributed by atoms with Crippen molar-refractivity contribution in [3.05, 3.63) is 53.6 Å². The Labute approximate surface area is 225 Å². The first kappa shape index (κ1) is 31.6. The summed E-state index contributed by atoms with van der Waals surface area (Å²) in [4.78, 5) is 26.2. The molecule has 0 heterocycles. The van der Waals surface area contributed by atoms with Crippen molar-refractivity contribution in [1.29, 1.82) is 0 Å². The van der Waals surface area contributed by atoms with Gasteiger partial charge in [-0.15, -0.1) is 12.4 Å². The number of benzene rings is 2. The lowest BCUT2D eigenvalue weighted by Crippen LogP contribution is -2.42. The molecule has 0 bridgehead atoms. The minimum Gasteiger partial charge on any atom is -0.494 e. The molecular formula is C27H39ClN4O5. The molecule has 0 spiro atoms. The monoisotopic (exact) mass is 534 g/mol. The molecule has 4 N–H and O–H groups in total. The van der Waals surface area contributed by atoms with E-state index in [4.69, 9.17) is 25.8 Å². The summed E-state index contributed by atoms with van der Waals surface area (Å²) in [5, 5.41) is 3.49. The van der Waals surface area contributed by atoms with Crippen molar-refractivity contribution >= 4 is 30.4 Å². The van der Waals surface area contributed by atoms with Gasteiger partial charge >= 0.3 is 0 Å². The molecule has 0 unspecified atom stereocenters. The van der Waals surface area contributed by atoms with E-state index in [9.17, 15) is 9.59 Å². The predicted molar refractivity (Wildman–Crippen MR) is 148 cm³/mol. The van der Waals surface area contributed by atoms with Gasteiger partial charge in [0.25, 0.3) is 11.8 Å². The molecule has 9 nitrogen and oxygen atoms in total. The second-order valence-corrected chi connectivity index (χ2v) is 8.92. The molecule has 0 aliphatic carbocycles. The SMILES string of the molecule is CC(C)N(C(=O)c1ccc(OCCCCCOc2ccc(/C=N/N)cc2)cc1OCC(N)=O)C(C)C.Cl. The summed E-state index contributed by atoms with van der Waals surface area (Å²) >= 11 is 0. The van der Waals surface area contributed by atoms with Crippen molar-refractivity contribution in [3.8, 4) is 17.2 Å². The van der Waals surface area contributed by atoms with Crippen LogP contribution in [0.5, 0.6) is 17.2 Å². The topological polar surface area (TPSA) is 129 Å². The maximum Gasteiger partial charge on any atom is 0.258 e. The highest BCUT2D eigenvalue weighted by Crippen LogP contribution is 2.28. The number of nitrogens with zero attached hydrogens (tertiary/aromatic N) is 2. The Morgan fingerprint density at radius 1 is 0.892 bits per heavy atom. The van der Waals surface area contributed by atoms with Crippen molar-refractivity contribution in [2.75, 3.05) is 19.8 Å². The smallest absolute Gasteiger partial charge is 0.258 e. The van der Waals surface area contributed by atoms with Gasteiger partial charge in [-0.1, -0.05) is 0 Å². The second kappa shape index (κ2) is 16.3. The maximum atomic E-state index is 13.2. The summed E-state index contributed by atoms with van der Waals surface area (Å²) in [6, 6.07) is 12.6. The molecule has 0 aliphatic heterocycles. The highest BCUT2D eigenvalue weighted by molar-refractivity contribution is 5.97. The van der Waals surface area contributed by atoms with Crippen molar-refractivity contribution in [3.63, 3.8) is 0 Å². The fourth-order valence-corrected chi connectivity index (χ4v) is 3.74. The lowest BCUT2D eigenvalue weighted by molar-refractivity contribution is -0.119. The Kier molecular flexibility index (Phi) is 13.9. The van der Waals surface area contributed by atoms with Gasteiger partial charge in [0.1, 0.15) is 17.2 Å². The summed E-state index contributed by atoms with van der Waals surface area (Å²) < 4.78 is 17.2. The average molecular weight is 535 g/mol. The molecule has 0 aliphatic rings. The van der Waals surface area contributed by atoms with Crippen LogP contribution in [0, 0.1) is 0 Å². The largest absolute Gasteiger partial charge is 0.494 e. The fourth-order valence-electron chi connectivity index (χ4n) is 3.74. The van der Waals surface area contributed by atoms with E-state index in [-0.39, 0.29) is 42.8 Å². The van der Waals surface area contributed by atoms with E-state index in [2.05, 4.69) is 5.10 Å². The van der Waals surface area contributed by atoms with Crippen LogP contribution in [0.15, 0.2) is 47.6 Å². The summed E-state index contributed by atoms with van der Waals surface area (Å²) in [5.41, 5.74) is 6.53. The van der Waals surface area contributed by atoms with E-state index >= 15 is 0 Å². The molecule has 0 saturated heterocycles. The molecule has 204 valence electrons. The molecule has 37 heavy (non-hydrogen) atoms. The van der Waals surface area contributed by atoms with Gasteiger partial charge in [-0.25, -0.2) is 0 Å². The van der Waals surface area contributed by atoms with Crippen molar-refractivity contribution < 1.29 is 23.8 Å². The first-order chi connectivity index (χ1) is 17.2. The van der Waals surface area contributed by atoms with Gasteiger partial charge in [-0.05, 0) is 88.9 Å².